The van der Waals surface area contributed by atoms with Crippen LogP contribution in [0.2, 0.25) is 0 Å². The zero-order chi connectivity index (χ0) is 12.8. The number of ether oxygens (including phenoxy) is 1. The molecule has 0 atom stereocenters. The van der Waals surface area contributed by atoms with Gasteiger partial charge in [-0.25, -0.2) is 0 Å². The number of unbranched alkanes of at least 4 members (excludes halogenated alkanes) is 1. The van der Waals surface area contributed by atoms with E-state index in [0.717, 1.165) is 17.8 Å². The van der Waals surface area contributed by atoms with Crippen molar-refractivity contribution in [3.05, 3.63) is 0 Å². The first-order chi connectivity index (χ1) is 8.83. The molecule has 1 nitrogen and oxygen atoms in total. The lowest BCUT2D eigenvalue weighted by atomic mass is 9.70. The quantitative estimate of drug-likeness (QED) is 0.654. The highest BCUT2D eigenvalue weighted by atomic mass is 16.5. The number of hydrogen-bond acceptors (Lipinski definition) is 1. The minimum atomic E-state index is 0.571. The number of hydrogen-bond donors (Lipinski definition) is 0. The first-order valence-corrected chi connectivity index (χ1v) is 8.36. The van der Waals surface area contributed by atoms with Gasteiger partial charge in [0.05, 0.1) is 6.10 Å². The fourth-order valence-electron chi connectivity index (χ4n) is 4.24. The van der Waals surface area contributed by atoms with E-state index in [-0.39, 0.29) is 0 Å². The van der Waals surface area contributed by atoms with Crippen molar-refractivity contribution in [2.75, 3.05) is 7.11 Å². The molecule has 0 radical (unpaired) electrons. The average Bonchev–Trinajstić information content (AvgIpc) is 2.46. The molecule has 2 aliphatic carbocycles. The number of rotatable bonds is 5. The molecule has 0 spiro atoms. The normalized spacial score (nSPS) is 37.7. The molecular weight excluding hydrogens is 220 g/mol. The van der Waals surface area contributed by atoms with Crippen molar-refractivity contribution in [2.24, 2.45) is 17.8 Å². The van der Waals surface area contributed by atoms with Crippen LogP contribution in [0.3, 0.4) is 0 Å². The lowest BCUT2D eigenvalue weighted by Crippen LogP contribution is -2.28. The number of methoxy groups -OCH3 is 1. The molecule has 106 valence electrons. The summed E-state index contributed by atoms with van der Waals surface area (Å²) in [6, 6.07) is 0. The van der Waals surface area contributed by atoms with Gasteiger partial charge in [-0.3, -0.25) is 0 Å². The van der Waals surface area contributed by atoms with Gasteiger partial charge in [0.2, 0.25) is 0 Å². The van der Waals surface area contributed by atoms with Crippen molar-refractivity contribution >= 4 is 0 Å². The fraction of sp³-hybridized carbons (Fsp3) is 1.00. The molecule has 1 heteroatoms. The van der Waals surface area contributed by atoms with Crippen LogP contribution in [0.5, 0.6) is 0 Å². The second-order valence-corrected chi connectivity index (χ2v) is 6.70. The van der Waals surface area contributed by atoms with Crippen molar-refractivity contribution in [3.63, 3.8) is 0 Å². The third-order valence-corrected chi connectivity index (χ3v) is 5.58. The summed E-state index contributed by atoms with van der Waals surface area (Å²) < 4.78 is 5.49. The summed E-state index contributed by atoms with van der Waals surface area (Å²) in [7, 11) is 1.88. The molecule has 2 aliphatic rings. The summed E-state index contributed by atoms with van der Waals surface area (Å²) in [6.45, 7) is 2.32. The van der Waals surface area contributed by atoms with Crippen LogP contribution in [-0.4, -0.2) is 13.2 Å². The molecule has 0 amide bonds. The van der Waals surface area contributed by atoms with Crippen LogP contribution in [-0.2, 0) is 4.74 Å². The summed E-state index contributed by atoms with van der Waals surface area (Å²) >= 11 is 0. The van der Waals surface area contributed by atoms with Gasteiger partial charge >= 0.3 is 0 Å². The van der Waals surface area contributed by atoms with Gasteiger partial charge in [-0.05, 0) is 56.3 Å². The minimum absolute atomic E-state index is 0.571. The highest BCUT2D eigenvalue weighted by Gasteiger charge is 2.30. The Morgan fingerprint density at radius 3 is 1.89 bits per heavy atom. The molecule has 0 aliphatic heterocycles. The van der Waals surface area contributed by atoms with E-state index in [2.05, 4.69) is 6.92 Å². The molecule has 2 fully saturated rings. The molecule has 0 aromatic carbocycles. The Kier molecular flexibility index (Phi) is 6.01. The van der Waals surface area contributed by atoms with Crippen LogP contribution in [0, 0.1) is 17.8 Å². The molecule has 0 saturated heterocycles. The first kappa shape index (κ1) is 14.4. The van der Waals surface area contributed by atoms with Gasteiger partial charge < -0.3 is 4.74 Å². The van der Waals surface area contributed by atoms with Crippen LogP contribution in [0.4, 0.5) is 0 Å². The van der Waals surface area contributed by atoms with Gasteiger partial charge in [0.15, 0.2) is 0 Å². The fourth-order valence-corrected chi connectivity index (χ4v) is 4.24. The second-order valence-electron chi connectivity index (χ2n) is 6.70. The summed E-state index contributed by atoms with van der Waals surface area (Å²) in [6.07, 6.45) is 16.5. The monoisotopic (exact) mass is 252 g/mol. The lowest BCUT2D eigenvalue weighted by Gasteiger charge is -2.37. The Labute approximate surface area is 114 Å². The summed E-state index contributed by atoms with van der Waals surface area (Å²) in [5.74, 6) is 3.15. The molecule has 0 N–H and O–H groups in total. The van der Waals surface area contributed by atoms with Gasteiger partial charge in [-0.15, -0.1) is 0 Å². The maximum atomic E-state index is 5.49. The predicted molar refractivity (Wildman–Crippen MR) is 77.7 cm³/mol. The molecule has 18 heavy (non-hydrogen) atoms. The zero-order valence-electron chi connectivity index (χ0n) is 12.5. The molecule has 0 unspecified atom stereocenters. The minimum Gasteiger partial charge on any atom is -0.381 e. The molecule has 0 heterocycles. The van der Waals surface area contributed by atoms with Crippen LogP contribution >= 0.6 is 0 Å². The highest BCUT2D eigenvalue weighted by Crippen LogP contribution is 2.41. The van der Waals surface area contributed by atoms with Crippen LogP contribution in [0.1, 0.15) is 77.6 Å². The maximum Gasteiger partial charge on any atom is 0.0571 e. The molecule has 2 saturated carbocycles. The standard InChI is InChI=1S/C17H32O/c1-3-4-5-14-6-8-15(9-7-14)16-10-12-17(18-2)13-11-16/h14-17H,3-13H2,1-2H3/t14-,15-,16?,17?. The molecular formula is C17H32O. The van der Waals surface area contributed by atoms with Crippen molar-refractivity contribution in [2.45, 2.75) is 83.7 Å². The summed E-state index contributed by atoms with van der Waals surface area (Å²) in [5.41, 5.74) is 0. The van der Waals surface area contributed by atoms with E-state index < -0.39 is 0 Å². The Bertz CT molecular complexity index is 210. The average molecular weight is 252 g/mol. The predicted octanol–water partition coefficient (Wildman–Crippen LogP) is 5.19. The topological polar surface area (TPSA) is 9.23 Å². The molecule has 0 aromatic rings. The summed E-state index contributed by atoms with van der Waals surface area (Å²) in [5, 5.41) is 0. The largest absolute Gasteiger partial charge is 0.381 e. The van der Waals surface area contributed by atoms with Gasteiger partial charge in [-0.1, -0.05) is 39.0 Å². The molecule has 0 aromatic heterocycles. The zero-order valence-corrected chi connectivity index (χ0v) is 12.5. The van der Waals surface area contributed by atoms with Gasteiger partial charge in [-0.2, -0.15) is 0 Å². The van der Waals surface area contributed by atoms with Crippen LogP contribution in [0.15, 0.2) is 0 Å². The summed E-state index contributed by atoms with van der Waals surface area (Å²) in [4.78, 5) is 0. The Morgan fingerprint density at radius 2 is 1.39 bits per heavy atom. The van der Waals surface area contributed by atoms with E-state index in [1.54, 1.807) is 0 Å². The van der Waals surface area contributed by atoms with Crippen LogP contribution in [0.25, 0.3) is 0 Å². The molecule has 0 bridgehead atoms. The molecule has 2 rings (SSSR count). The van der Waals surface area contributed by atoms with Gasteiger partial charge in [0.1, 0.15) is 0 Å². The van der Waals surface area contributed by atoms with Crippen molar-refractivity contribution in [1.82, 2.24) is 0 Å². The Morgan fingerprint density at radius 1 is 0.833 bits per heavy atom. The van der Waals surface area contributed by atoms with E-state index in [0.29, 0.717) is 6.10 Å². The maximum absolute atomic E-state index is 5.49. The van der Waals surface area contributed by atoms with E-state index >= 15 is 0 Å². The van der Waals surface area contributed by atoms with Crippen molar-refractivity contribution in [1.29, 1.82) is 0 Å². The Balaban J connectivity index is 1.67. The third-order valence-electron chi connectivity index (χ3n) is 5.58. The SMILES string of the molecule is CCCC[C@H]1CC[C@H](C2CCC(OC)CC2)CC1. The Hall–Kier alpha value is -0.0400. The smallest absolute Gasteiger partial charge is 0.0571 e. The van der Waals surface area contributed by atoms with E-state index in [9.17, 15) is 0 Å². The van der Waals surface area contributed by atoms with E-state index in [1.165, 1.54) is 70.6 Å². The van der Waals surface area contributed by atoms with Crippen LogP contribution < -0.4 is 0 Å². The highest BCUT2D eigenvalue weighted by molar-refractivity contribution is 4.82. The third kappa shape index (κ3) is 3.98. The van der Waals surface area contributed by atoms with Crippen molar-refractivity contribution < 1.29 is 4.74 Å². The van der Waals surface area contributed by atoms with Gasteiger partial charge in [0, 0.05) is 7.11 Å². The second kappa shape index (κ2) is 7.53. The van der Waals surface area contributed by atoms with E-state index in [1.807, 2.05) is 7.11 Å². The van der Waals surface area contributed by atoms with Gasteiger partial charge in [0.25, 0.3) is 0 Å². The van der Waals surface area contributed by atoms with E-state index in [4.69, 9.17) is 4.74 Å². The van der Waals surface area contributed by atoms with Crippen molar-refractivity contribution in [3.8, 4) is 0 Å². The first-order valence-electron chi connectivity index (χ1n) is 8.36. The lowest BCUT2D eigenvalue weighted by molar-refractivity contribution is 0.0391.